The standard InChI is InChI=1S/C19H16N2OS/c20-18-16(13-6-8-15(23)9-7-13)10-14(11-17(18)19(21)22)12-4-2-1-3-5-12/h1-11,23H,20H2,(H2,21,22). The van der Waals surface area contributed by atoms with E-state index in [9.17, 15) is 4.79 Å². The molecule has 23 heavy (non-hydrogen) atoms. The summed E-state index contributed by atoms with van der Waals surface area (Å²) in [5.74, 6) is -0.535. The van der Waals surface area contributed by atoms with Crippen LogP contribution in [0.3, 0.4) is 0 Å². The minimum Gasteiger partial charge on any atom is -0.398 e. The zero-order chi connectivity index (χ0) is 16.4. The van der Waals surface area contributed by atoms with E-state index in [4.69, 9.17) is 11.5 Å². The highest BCUT2D eigenvalue weighted by molar-refractivity contribution is 7.80. The summed E-state index contributed by atoms with van der Waals surface area (Å²) in [5, 5.41) is 0. The summed E-state index contributed by atoms with van der Waals surface area (Å²) < 4.78 is 0. The van der Waals surface area contributed by atoms with Crippen LogP contribution in [0.4, 0.5) is 5.69 Å². The fraction of sp³-hybridized carbons (Fsp3) is 0. The number of rotatable bonds is 3. The molecular formula is C19H16N2OS. The number of carbonyl (C=O) groups is 1. The van der Waals surface area contributed by atoms with Gasteiger partial charge < -0.3 is 11.5 Å². The Labute approximate surface area is 140 Å². The van der Waals surface area contributed by atoms with E-state index in [-0.39, 0.29) is 0 Å². The lowest BCUT2D eigenvalue weighted by molar-refractivity contribution is 0.100. The minimum atomic E-state index is -0.535. The van der Waals surface area contributed by atoms with Gasteiger partial charge in [0.1, 0.15) is 0 Å². The highest BCUT2D eigenvalue weighted by atomic mass is 32.1. The molecule has 3 aromatic carbocycles. The molecule has 0 aliphatic rings. The Morgan fingerprint density at radius 1 is 0.826 bits per heavy atom. The second-order valence-corrected chi connectivity index (χ2v) is 5.78. The quantitative estimate of drug-likeness (QED) is 0.504. The lowest BCUT2D eigenvalue weighted by Gasteiger charge is -2.13. The van der Waals surface area contributed by atoms with Crippen molar-refractivity contribution in [2.24, 2.45) is 5.73 Å². The van der Waals surface area contributed by atoms with Gasteiger partial charge in [0.2, 0.25) is 0 Å². The van der Waals surface area contributed by atoms with Crippen LogP contribution in [0, 0.1) is 0 Å². The van der Waals surface area contributed by atoms with E-state index in [2.05, 4.69) is 12.6 Å². The van der Waals surface area contributed by atoms with Crippen molar-refractivity contribution in [1.29, 1.82) is 0 Å². The molecule has 0 aliphatic heterocycles. The number of benzene rings is 3. The van der Waals surface area contributed by atoms with Crippen LogP contribution >= 0.6 is 12.6 Å². The number of hydrogen-bond acceptors (Lipinski definition) is 3. The maximum atomic E-state index is 11.8. The average Bonchev–Trinajstić information content (AvgIpc) is 2.56. The summed E-state index contributed by atoms with van der Waals surface area (Å²) in [5.41, 5.74) is 16.0. The number of amides is 1. The maximum Gasteiger partial charge on any atom is 0.250 e. The smallest absolute Gasteiger partial charge is 0.250 e. The zero-order valence-corrected chi connectivity index (χ0v) is 13.3. The molecule has 3 rings (SSSR count). The molecule has 0 saturated carbocycles. The number of thiol groups is 1. The molecule has 3 nitrogen and oxygen atoms in total. The Kier molecular flexibility index (Phi) is 4.08. The van der Waals surface area contributed by atoms with Gasteiger partial charge >= 0.3 is 0 Å². The van der Waals surface area contributed by atoms with Gasteiger partial charge in [-0.2, -0.15) is 0 Å². The molecular weight excluding hydrogens is 304 g/mol. The third-order valence-electron chi connectivity index (χ3n) is 3.73. The largest absolute Gasteiger partial charge is 0.398 e. The predicted molar refractivity (Wildman–Crippen MR) is 97.5 cm³/mol. The molecule has 0 atom stereocenters. The van der Waals surface area contributed by atoms with Crippen LogP contribution in [-0.4, -0.2) is 5.91 Å². The van der Waals surface area contributed by atoms with Gasteiger partial charge in [-0.3, -0.25) is 4.79 Å². The Bertz CT molecular complexity index is 859. The molecule has 4 N–H and O–H groups in total. The molecule has 1 amide bonds. The van der Waals surface area contributed by atoms with Gasteiger partial charge in [-0.15, -0.1) is 12.6 Å². The highest BCUT2D eigenvalue weighted by Gasteiger charge is 2.14. The molecule has 0 heterocycles. The lowest BCUT2D eigenvalue weighted by Crippen LogP contribution is -2.14. The van der Waals surface area contributed by atoms with Gasteiger partial charge in [-0.25, -0.2) is 0 Å². The van der Waals surface area contributed by atoms with Gasteiger partial charge in [-0.1, -0.05) is 42.5 Å². The van der Waals surface area contributed by atoms with Crippen molar-refractivity contribution in [3.8, 4) is 22.3 Å². The van der Waals surface area contributed by atoms with Gasteiger partial charge in [0.05, 0.1) is 11.3 Å². The van der Waals surface area contributed by atoms with Crippen LogP contribution in [0.15, 0.2) is 71.6 Å². The first-order chi connectivity index (χ1) is 11.1. The molecule has 3 aromatic rings. The second kappa shape index (κ2) is 6.18. The van der Waals surface area contributed by atoms with Gasteiger partial charge in [0.15, 0.2) is 0 Å². The Morgan fingerprint density at radius 2 is 1.48 bits per heavy atom. The first-order valence-electron chi connectivity index (χ1n) is 7.14. The monoisotopic (exact) mass is 320 g/mol. The average molecular weight is 320 g/mol. The summed E-state index contributed by atoms with van der Waals surface area (Å²) >= 11 is 4.30. The summed E-state index contributed by atoms with van der Waals surface area (Å²) in [6.45, 7) is 0. The normalized spacial score (nSPS) is 10.5. The zero-order valence-electron chi connectivity index (χ0n) is 12.4. The van der Waals surface area contributed by atoms with Crippen molar-refractivity contribution in [1.82, 2.24) is 0 Å². The van der Waals surface area contributed by atoms with Crippen LogP contribution in [0.25, 0.3) is 22.3 Å². The number of nitrogen functional groups attached to an aromatic ring is 1. The number of primary amides is 1. The van der Waals surface area contributed by atoms with Gasteiger partial charge in [0, 0.05) is 10.5 Å². The van der Waals surface area contributed by atoms with E-state index in [0.717, 1.165) is 27.1 Å². The molecule has 4 heteroatoms. The fourth-order valence-corrected chi connectivity index (χ4v) is 2.68. The third kappa shape index (κ3) is 3.07. The second-order valence-electron chi connectivity index (χ2n) is 5.26. The van der Waals surface area contributed by atoms with Crippen molar-refractivity contribution in [2.75, 3.05) is 5.73 Å². The van der Waals surface area contributed by atoms with Crippen molar-refractivity contribution < 1.29 is 4.79 Å². The van der Waals surface area contributed by atoms with E-state index in [1.165, 1.54) is 0 Å². The van der Waals surface area contributed by atoms with E-state index in [1.807, 2.05) is 60.7 Å². The maximum absolute atomic E-state index is 11.8. The topological polar surface area (TPSA) is 69.1 Å². The highest BCUT2D eigenvalue weighted by Crippen LogP contribution is 2.34. The van der Waals surface area contributed by atoms with Crippen molar-refractivity contribution >= 4 is 24.2 Å². The molecule has 114 valence electrons. The molecule has 0 radical (unpaired) electrons. The van der Waals surface area contributed by atoms with Crippen molar-refractivity contribution in [2.45, 2.75) is 4.90 Å². The molecule has 0 fully saturated rings. The molecule has 0 bridgehead atoms. The van der Waals surface area contributed by atoms with Gasteiger partial charge in [-0.05, 0) is 41.0 Å². The summed E-state index contributed by atoms with van der Waals surface area (Å²) in [7, 11) is 0. The Morgan fingerprint density at radius 3 is 2.09 bits per heavy atom. The Balaban J connectivity index is 2.24. The van der Waals surface area contributed by atoms with E-state index < -0.39 is 5.91 Å². The number of carbonyl (C=O) groups excluding carboxylic acids is 1. The van der Waals surface area contributed by atoms with E-state index in [0.29, 0.717) is 11.3 Å². The summed E-state index contributed by atoms with van der Waals surface area (Å²) in [6.07, 6.45) is 0. The summed E-state index contributed by atoms with van der Waals surface area (Å²) in [4.78, 5) is 12.6. The minimum absolute atomic E-state index is 0.330. The molecule has 0 unspecified atom stereocenters. The third-order valence-corrected chi connectivity index (χ3v) is 4.03. The van der Waals surface area contributed by atoms with Gasteiger partial charge in [0.25, 0.3) is 5.91 Å². The van der Waals surface area contributed by atoms with Crippen LogP contribution in [0.2, 0.25) is 0 Å². The molecule has 0 aliphatic carbocycles. The Hall–Kier alpha value is -2.72. The molecule has 0 aromatic heterocycles. The lowest BCUT2D eigenvalue weighted by atomic mass is 9.94. The first kappa shape index (κ1) is 15.2. The van der Waals surface area contributed by atoms with Crippen LogP contribution in [0.1, 0.15) is 10.4 Å². The first-order valence-corrected chi connectivity index (χ1v) is 7.59. The number of anilines is 1. The van der Waals surface area contributed by atoms with E-state index in [1.54, 1.807) is 6.07 Å². The van der Waals surface area contributed by atoms with E-state index >= 15 is 0 Å². The molecule has 0 saturated heterocycles. The van der Waals surface area contributed by atoms with Crippen molar-refractivity contribution in [3.05, 3.63) is 72.3 Å². The fourth-order valence-electron chi connectivity index (χ4n) is 2.53. The number of nitrogens with two attached hydrogens (primary N) is 2. The van der Waals surface area contributed by atoms with Crippen molar-refractivity contribution in [3.63, 3.8) is 0 Å². The SMILES string of the molecule is NC(=O)c1cc(-c2ccccc2)cc(-c2ccc(S)cc2)c1N. The summed E-state index contributed by atoms with van der Waals surface area (Å²) in [6, 6.07) is 21.1. The molecule has 0 spiro atoms. The van der Waals surface area contributed by atoms with Crippen LogP contribution in [-0.2, 0) is 0 Å². The van der Waals surface area contributed by atoms with Crippen LogP contribution in [0.5, 0.6) is 0 Å². The van der Waals surface area contributed by atoms with Crippen LogP contribution < -0.4 is 11.5 Å². The number of hydrogen-bond donors (Lipinski definition) is 3. The predicted octanol–water partition coefficient (Wildman–Crippen LogP) is 3.99.